The van der Waals surface area contributed by atoms with Crippen molar-refractivity contribution in [3.8, 4) is 23.7 Å². The van der Waals surface area contributed by atoms with Crippen LogP contribution in [-0.4, -0.2) is 16.7 Å². The van der Waals surface area contributed by atoms with Crippen LogP contribution >= 0.6 is 0 Å². The molecule has 1 aromatic heterocycles. The van der Waals surface area contributed by atoms with E-state index in [0.717, 1.165) is 18.2 Å². The number of hydrogen-bond donors (Lipinski definition) is 1. The minimum Gasteiger partial charge on any atom is -0.338 e. The predicted octanol–water partition coefficient (Wildman–Crippen LogP) is 1.74. The highest BCUT2D eigenvalue weighted by Gasteiger charge is 2.10. The molecular formula is C12H9F2N3O. The molecule has 1 heterocycles. The van der Waals surface area contributed by atoms with Gasteiger partial charge in [0.25, 0.3) is 0 Å². The van der Waals surface area contributed by atoms with Gasteiger partial charge in [0.15, 0.2) is 0 Å². The molecule has 0 aliphatic rings. The molecule has 0 aliphatic carbocycles. The van der Waals surface area contributed by atoms with E-state index in [1.165, 1.54) is 0 Å². The molecule has 0 spiro atoms. The van der Waals surface area contributed by atoms with E-state index in [-0.39, 0.29) is 11.4 Å². The van der Waals surface area contributed by atoms with E-state index >= 15 is 0 Å². The number of nitrogens with one attached hydrogen (secondary N) is 1. The summed E-state index contributed by atoms with van der Waals surface area (Å²) in [6, 6.07) is 3.04. The summed E-state index contributed by atoms with van der Waals surface area (Å²) >= 11 is 0. The zero-order chi connectivity index (χ0) is 13.0. The van der Waals surface area contributed by atoms with Gasteiger partial charge in [-0.3, -0.25) is 5.32 Å². The molecule has 0 atom stereocenters. The van der Waals surface area contributed by atoms with Crippen molar-refractivity contribution in [3.63, 3.8) is 0 Å². The fourth-order valence-corrected chi connectivity index (χ4v) is 1.37. The van der Waals surface area contributed by atoms with Crippen molar-refractivity contribution in [2.45, 2.75) is 6.54 Å². The molecule has 6 heteroatoms. The first-order valence-corrected chi connectivity index (χ1v) is 5.12. The van der Waals surface area contributed by atoms with Gasteiger partial charge in [-0.05, 0) is 12.1 Å². The van der Waals surface area contributed by atoms with Crippen molar-refractivity contribution in [1.82, 2.24) is 15.5 Å². The van der Waals surface area contributed by atoms with E-state index in [2.05, 4.69) is 21.4 Å². The molecule has 0 fully saturated rings. The number of hydrogen-bond acceptors (Lipinski definition) is 4. The number of rotatable bonds is 4. The summed E-state index contributed by atoms with van der Waals surface area (Å²) in [5, 5.41) is 6.49. The normalized spacial score (nSPS) is 10.3. The lowest BCUT2D eigenvalue weighted by molar-refractivity contribution is 0.370. The van der Waals surface area contributed by atoms with E-state index in [1.54, 1.807) is 0 Å². The van der Waals surface area contributed by atoms with Crippen LogP contribution in [0.2, 0.25) is 0 Å². The maximum Gasteiger partial charge on any atom is 0.240 e. The number of benzene rings is 1. The largest absolute Gasteiger partial charge is 0.338 e. The van der Waals surface area contributed by atoms with Gasteiger partial charge >= 0.3 is 0 Å². The maximum absolute atomic E-state index is 13.0. The van der Waals surface area contributed by atoms with Crippen molar-refractivity contribution in [3.05, 3.63) is 35.7 Å². The fourth-order valence-electron chi connectivity index (χ4n) is 1.37. The third-order valence-electron chi connectivity index (χ3n) is 2.09. The van der Waals surface area contributed by atoms with Crippen molar-refractivity contribution >= 4 is 0 Å². The second-order valence-electron chi connectivity index (χ2n) is 3.48. The van der Waals surface area contributed by atoms with Crippen LogP contribution in [0.15, 0.2) is 22.7 Å². The lowest BCUT2D eigenvalue weighted by Crippen LogP contribution is -2.13. The van der Waals surface area contributed by atoms with Gasteiger partial charge in [-0.15, -0.1) is 6.42 Å². The Balaban J connectivity index is 2.16. The summed E-state index contributed by atoms with van der Waals surface area (Å²) in [7, 11) is 0. The topological polar surface area (TPSA) is 51.0 Å². The van der Waals surface area contributed by atoms with Crippen LogP contribution in [0.1, 0.15) is 5.89 Å². The summed E-state index contributed by atoms with van der Waals surface area (Å²) in [6.07, 6.45) is 5.06. The first-order chi connectivity index (χ1) is 8.69. The number of aromatic nitrogens is 2. The van der Waals surface area contributed by atoms with E-state index in [1.807, 2.05) is 0 Å². The quantitative estimate of drug-likeness (QED) is 0.662. The molecule has 0 aliphatic heterocycles. The van der Waals surface area contributed by atoms with Crippen molar-refractivity contribution in [1.29, 1.82) is 0 Å². The lowest BCUT2D eigenvalue weighted by Gasteiger charge is -1.95. The van der Waals surface area contributed by atoms with Crippen LogP contribution in [0.4, 0.5) is 8.78 Å². The molecule has 92 valence electrons. The molecule has 0 bridgehead atoms. The van der Waals surface area contributed by atoms with E-state index in [4.69, 9.17) is 10.9 Å². The smallest absolute Gasteiger partial charge is 0.240 e. The van der Waals surface area contributed by atoms with Crippen molar-refractivity contribution in [2.75, 3.05) is 6.54 Å². The molecule has 4 nitrogen and oxygen atoms in total. The van der Waals surface area contributed by atoms with Crippen molar-refractivity contribution in [2.24, 2.45) is 0 Å². The summed E-state index contributed by atoms with van der Waals surface area (Å²) in [5.41, 5.74) is 0.222. The summed E-state index contributed by atoms with van der Waals surface area (Å²) in [5.74, 6) is 1.43. The van der Waals surface area contributed by atoms with Gasteiger partial charge in [-0.2, -0.15) is 4.98 Å². The second-order valence-corrected chi connectivity index (χ2v) is 3.48. The number of halogens is 2. The molecule has 0 amide bonds. The highest BCUT2D eigenvalue weighted by Crippen LogP contribution is 2.18. The van der Waals surface area contributed by atoms with Crippen LogP contribution < -0.4 is 5.32 Å². The fraction of sp³-hybridized carbons (Fsp3) is 0.167. The Bertz CT molecular complexity index is 569. The highest BCUT2D eigenvalue weighted by molar-refractivity contribution is 5.54. The van der Waals surface area contributed by atoms with Crippen LogP contribution in [0.25, 0.3) is 11.4 Å². The molecule has 1 aromatic carbocycles. The van der Waals surface area contributed by atoms with Gasteiger partial charge in [-0.25, -0.2) is 8.78 Å². The van der Waals surface area contributed by atoms with E-state index in [0.29, 0.717) is 19.0 Å². The molecule has 1 N–H and O–H groups in total. The third-order valence-corrected chi connectivity index (χ3v) is 2.09. The van der Waals surface area contributed by atoms with Gasteiger partial charge < -0.3 is 4.52 Å². The standard InChI is InChI=1S/C12H9F2N3O/c1-2-3-15-7-11-16-12(17-18-11)8-4-9(13)6-10(14)5-8/h1,4-6,15H,3,7H2. The second kappa shape index (κ2) is 5.38. The van der Waals surface area contributed by atoms with Gasteiger partial charge in [0, 0.05) is 11.6 Å². The van der Waals surface area contributed by atoms with E-state index < -0.39 is 11.6 Å². The first-order valence-electron chi connectivity index (χ1n) is 5.12. The van der Waals surface area contributed by atoms with Gasteiger partial charge in [0.1, 0.15) is 11.6 Å². The van der Waals surface area contributed by atoms with E-state index in [9.17, 15) is 8.78 Å². The Morgan fingerprint density at radius 3 is 2.67 bits per heavy atom. The minimum atomic E-state index is -0.693. The first kappa shape index (κ1) is 12.2. The Morgan fingerprint density at radius 1 is 1.28 bits per heavy atom. The Kier molecular flexibility index (Phi) is 3.65. The Morgan fingerprint density at radius 2 is 2.00 bits per heavy atom. The molecule has 2 rings (SSSR count). The monoisotopic (exact) mass is 249 g/mol. The van der Waals surface area contributed by atoms with Crippen LogP contribution in [-0.2, 0) is 6.54 Å². The average molecular weight is 249 g/mol. The van der Waals surface area contributed by atoms with Crippen LogP contribution in [0.5, 0.6) is 0 Å². The molecule has 0 saturated carbocycles. The van der Waals surface area contributed by atoms with Gasteiger partial charge in [-0.1, -0.05) is 11.1 Å². The summed E-state index contributed by atoms with van der Waals surface area (Å²) in [4.78, 5) is 3.99. The van der Waals surface area contributed by atoms with Crippen LogP contribution in [0.3, 0.4) is 0 Å². The van der Waals surface area contributed by atoms with Gasteiger partial charge in [0.2, 0.25) is 11.7 Å². The molecule has 0 unspecified atom stereocenters. The zero-order valence-corrected chi connectivity index (χ0v) is 9.28. The SMILES string of the molecule is C#CCNCc1nc(-c2cc(F)cc(F)c2)no1. The number of nitrogens with zero attached hydrogens (tertiary/aromatic N) is 2. The zero-order valence-electron chi connectivity index (χ0n) is 9.28. The Labute approximate surface area is 102 Å². The predicted molar refractivity (Wildman–Crippen MR) is 60.2 cm³/mol. The third kappa shape index (κ3) is 2.90. The summed E-state index contributed by atoms with van der Waals surface area (Å²) in [6.45, 7) is 0.668. The Hall–Kier alpha value is -2.26. The molecular weight excluding hydrogens is 240 g/mol. The molecule has 2 aromatic rings. The highest BCUT2D eigenvalue weighted by atomic mass is 19.1. The van der Waals surface area contributed by atoms with Crippen molar-refractivity contribution < 1.29 is 13.3 Å². The summed E-state index contributed by atoms with van der Waals surface area (Å²) < 4.78 is 30.9. The van der Waals surface area contributed by atoms with Crippen LogP contribution in [0, 0.1) is 24.0 Å². The average Bonchev–Trinajstić information content (AvgIpc) is 2.77. The molecule has 0 saturated heterocycles. The van der Waals surface area contributed by atoms with Gasteiger partial charge in [0.05, 0.1) is 13.1 Å². The molecule has 0 radical (unpaired) electrons. The number of terminal acetylenes is 1. The maximum atomic E-state index is 13.0. The molecule has 18 heavy (non-hydrogen) atoms. The lowest BCUT2D eigenvalue weighted by atomic mass is 10.2. The minimum absolute atomic E-state index is 0.130.